The first-order valence-electron chi connectivity index (χ1n) is 9.68. The van der Waals surface area contributed by atoms with Gasteiger partial charge >= 0.3 is 6.03 Å². The second-order valence-corrected chi connectivity index (χ2v) is 7.12. The summed E-state index contributed by atoms with van der Waals surface area (Å²) in [7, 11) is 0. The minimum absolute atomic E-state index is 0.134. The van der Waals surface area contributed by atoms with Crippen LogP contribution in [-0.2, 0) is 4.79 Å². The Kier molecular flexibility index (Phi) is 5.36. The third-order valence-electron chi connectivity index (χ3n) is 5.21. The number of nitrogens with zero attached hydrogens (tertiary/aromatic N) is 4. The van der Waals surface area contributed by atoms with Crippen molar-refractivity contribution in [1.29, 1.82) is 0 Å². The quantitative estimate of drug-likeness (QED) is 0.850. The van der Waals surface area contributed by atoms with Crippen molar-refractivity contribution in [2.75, 3.05) is 34.8 Å². The number of aromatic nitrogens is 2. The van der Waals surface area contributed by atoms with Gasteiger partial charge in [-0.05, 0) is 43.5 Å². The molecule has 0 bridgehead atoms. The Morgan fingerprint density at radius 2 is 1.86 bits per heavy atom. The van der Waals surface area contributed by atoms with Gasteiger partial charge in [-0.3, -0.25) is 9.78 Å². The van der Waals surface area contributed by atoms with Gasteiger partial charge in [0.15, 0.2) is 0 Å². The maximum Gasteiger partial charge on any atom is 0.319 e. The van der Waals surface area contributed by atoms with E-state index in [0.29, 0.717) is 12.1 Å². The summed E-state index contributed by atoms with van der Waals surface area (Å²) in [5, 5.41) is 5.91. The topological polar surface area (TPSA) is 90.5 Å². The van der Waals surface area contributed by atoms with Gasteiger partial charge in [0.05, 0.1) is 6.20 Å². The van der Waals surface area contributed by atoms with Crippen LogP contribution < -0.4 is 20.4 Å². The van der Waals surface area contributed by atoms with Crippen molar-refractivity contribution in [2.24, 2.45) is 0 Å². The summed E-state index contributed by atoms with van der Waals surface area (Å²) < 4.78 is 0. The number of carbonyl (C=O) groups is 2. The molecule has 8 heteroatoms. The molecule has 4 rings (SSSR count). The number of carbonyl (C=O) groups excluding carboxylic acids is 2. The smallest absolute Gasteiger partial charge is 0.319 e. The first kappa shape index (κ1) is 18.2. The van der Waals surface area contributed by atoms with E-state index in [9.17, 15) is 9.59 Å². The van der Waals surface area contributed by atoms with Gasteiger partial charge in [-0.2, -0.15) is 0 Å². The molecule has 2 aromatic rings. The van der Waals surface area contributed by atoms with E-state index in [1.165, 1.54) is 0 Å². The molecule has 1 aromatic carbocycles. The lowest BCUT2D eigenvalue weighted by Crippen LogP contribution is -2.46. The zero-order chi connectivity index (χ0) is 19.3. The van der Waals surface area contributed by atoms with E-state index in [0.717, 1.165) is 50.4 Å². The summed E-state index contributed by atoms with van der Waals surface area (Å²) in [6.07, 6.45) is 8.35. The number of piperidine rings is 1. The molecule has 8 nitrogen and oxygen atoms in total. The van der Waals surface area contributed by atoms with Crippen LogP contribution in [0, 0.1) is 0 Å². The van der Waals surface area contributed by atoms with Crippen LogP contribution in [0.2, 0.25) is 0 Å². The Morgan fingerprint density at radius 3 is 2.50 bits per heavy atom. The van der Waals surface area contributed by atoms with Crippen molar-refractivity contribution in [2.45, 2.75) is 31.7 Å². The van der Waals surface area contributed by atoms with Gasteiger partial charge in [0, 0.05) is 55.9 Å². The molecule has 0 radical (unpaired) electrons. The number of amides is 3. The predicted molar refractivity (Wildman–Crippen MR) is 107 cm³/mol. The molecule has 2 N–H and O–H groups in total. The van der Waals surface area contributed by atoms with Crippen LogP contribution in [0.5, 0.6) is 0 Å². The number of anilines is 3. The summed E-state index contributed by atoms with van der Waals surface area (Å²) in [6, 6.07) is 7.34. The fraction of sp³-hybridized carbons (Fsp3) is 0.400. The molecule has 0 atom stereocenters. The van der Waals surface area contributed by atoms with E-state index in [1.807, 2.05) is 24.3 Å². The molecule has 28 heavy (non-hydrogen) atoms. The van der Waals surface area contributed by atoms with Crippen LogP contribution >= 0.6 is 0 Å². The van der Waals surface area contributed by atoms with Crippen LogP contribution in [-0.4, -0.2) is 47.6 Å². The van der Waals surface area contributed by atoms with Crippen molar-refractivity contribution in [3.63, 3.8) is 0 Å². The number of hydrogen-bond acceptors (Lipinski definition) is 5. The summed E-state index contributed by atoms with van der Waals surface area (Å²) in [6.45, 7) is 2.43. The number of rotatable bonds is 4. The van der Waals surface area contributed by atoms with Crippen LogP contribution in [0.25, 0.3) is 0 Å². The standard InChI is InChI=1S/C20H24N6O2/c27-19-2-1-11-26(19)17-5-3-15(4-6-17)23-20(28)24-16-7-12-25(13-8-16)18-14-21-9-10-22-18/h3-6,9-10,14,16H,1-2,7-8,11-13H2,(H2,23,24,28). The molecule has 3 amide bonds. The molecule has 0 unspecified atom stereocenters. The Morgan fingerprint density at radius 1 is 1.07 bits per heavy atom. The molecule has 0 spiro atoms. The maximum atomic E-state index is 12.3. The van der Waals surface area contributed by atoms with Gasteiger partial charge in [0.1, 0.15) is 5.82 Å². The monoisotopic (exact) mass is 380 g/mol. The summed E-state index contributed by atoms with van der Waals surface area (Å²) >= 11 is 0. The molecule has 3 heterocycles. The average Bonchev–Trinajstić information content (AvgIpc) is 3.16. The van der Waals surface area contributed by atoms with Gasteiger partial charge in [-0.25, -0.2) is 9.78 Å². The normalized spacial score (nSPS) is 17.6. The van der Waals surface area contributed by atoms with Crippen molar-refractivity contribution in [3.05, 3.63) is 42.9 Å². The van der Waals surface area contributed by atoms with Crippen molar-refractivity contribution >= 4 is 29.1 Å². The van der Waals surface area contributed by atoms with E-state index in [4.69, 9.17) is 0 Å². The SMILES string of the molecule is O=C(Nc1ccc(N2CCCC2=O)cc1)NC1CCN(c2cnccn2)CC1. The molecule has 2 saturated heterocycles. The van der Waals surface area contributed by atoms with Gasteiger partial charge in [0.25, 0.3) is 0 Å². The van der Waals surface area contributed by atoms with E-state index >= 15 is 0 Å². The molecule has 1 aromatic heterocycles. The molecule has 2 aliphatic rings. The third kappa shape index (κ3) is 4.21. The number of benzene rings is 1. The second kappa shape index (κ2) is 8.24. The Balaban J connectivity index is 1.25. The predicted octanol–water partition coefficient (Wildman–Crippen LogP) is 2.39. The van der Waals surface area contributed by atoms with Crippen molar-refractivity contribution < 1.29 is 9.59 Å². The first-order chi connectivity index (χ1) is 13.7. The van der Waals surface area contributed by atoms with Crippen LogP contribution in [0.3, 0.4) is 0 Å². The fourth-order valence-corrected chi connectivity index (χ4v) is 3.71. The number of hydrogen-bond donors (Lipinski definition) is 2. The Labute approximate surface area is 164 Å². The van der Waals surface area contributed by atoms with E-state index in [-0.39, 0.29) is 18.0 Å². The summed E-state index contributed by atoms with van der Waals surface area (Å²) in [4.78, 5) is 36.5. The number of nitrogens with one attached hydrogen (secondary N) is 2. The molecular weight excluding hydrogens is 356 g/mol. The average molecular weight is 380 g/mol. The lowest BCUT2D eigenvalue weighted by Gasteiger charge is -2.32. The molecule has 2 fully saturated rings. The molecule has 0 saturated carbocycles. The highest BCUT2D eigenvalue weighted by atomic mass is 16.2. The lowest BCUT2D eigenvalue weighted by molar-refractivity contribution is -0.117. The van der Waals surface area contributed by atoms with Gasteiger partial charge in [0.2, 0.25) is 5.91 Å². The minimum atomic E-state index is -0.206. The highest BCUT2D eigenvalue weighted by Gasteiger charge is 2.23. The Hall–Kier alpha value is -3.16. The van der Waals surface area contributed by atoms with Gasteiger partial charge in [-0.15, -0.1) is 0 Å². The largest absolute Gasteiger partial charge is 0.355 e. The van der Waals surface area contributed by atoms with E-state index in [2.05, 4.69) is 25.5 Å². The first-order valence-corrected chi connectivity index (χ1v) is 9.68. The van der Waals surface area contributed by atoms with Crippen molar-refractivity contribution in [3.8, 4) is 0 Å². The van der Waals surface area contributed by atoms with Crippen molar-refractivity contribution in [1.82, 2.24) is 15.3 Å². The Bertz CT molecular complexity index is 818. The third-order valence-corrected chi connectivity index (χ3v) is 5.21. The van der Waals surface area contributed by atoms with Crippen LogP contribution in [0.4, 0.5) is 22.0 Å². The summed E-state index contributed by atoms with van der Waals surface area (Å²) in [5.41, 5.74) is 1.59. The van der Waals surface area contributed by atoms with Crippen LogP contribution in [0.15, 0.2) is 42.9 Å². The molecule has 146 valence electrons. The molecule has 0 aliphatic carbocycles. The molecule has 2 aliphatic heterocycles. The highest BCUT2D eigenvalue weighted by Crippen LogP contribution is 2.23. The minimum Gasteiger partial charge on any atom is -0.355 e. The number of urea groups is 1. The zero-order valence-electron chi connectivity index (χ0n) is 15.7. The fourth-order valence-electron chi connectivity index (χ4n) is 3.71. The summed E-state index contributed by atoms with van der Waals surface area (Å²) in [5.74, 6) is 1.04. The van der Waals surface area contributed by atoms with Crippen LogP contribution in [0.1, 0.15) is 25.7 Å². The molecular formula is C20H24N6O2. The lowest BCUT2D eigenvalue weighted by atomic mass is 10.1. The van der Waals surface area contributed by atoms with Gasteiger partial charge in [-0.1, -0.05) is 0 Å². The van der Waals surface area contributed by atoms with Gasteiger partial charge < -0.3 is 20.4 Å². The zero-order valence-corrected chi connectivity index (χ0v) is 15.7. The van der Waals surface area contributed by atoms with E-state index in [1.54, 1.807) is 23.5 Å². The second-order valence-electron chi connectivity index (χ2n) is 7.12. The highest BCUT2D eigenvalue weighted by molar-refractivity contribution is 5.96. The van der Waals surface area contributed by atoms with E-state index < -0.39 is 0 Å². The maximum absolute atomic E-state index is 12.3.